The van der Waals surface area contributed by atoms with Gasteiger partial charge in [-0.2, -0.15) is 8.42 Å². The van der Waals surface area contributed by atoms with E-state index in [-0.39, 0.29) is 6.61 Å². The van der Waals surface area contributed by atoms with E-state index in [1.54, 1.807) is 13.8 Å². The van der Waals surface area contributed by atoms with Crippen LogP contribution in [0.25, 0.3) is 0 Å². The minimum absolute atomic E-state index is 0.0220. The van der Waals surface area contributed by atoms with Gasteiger partial charge in [-0.1, -0.05) is 13.8 Å². The molecule has 1 rings (SSSR count). The molecule has 0 N–H and O–H groups in total. The van der Waals surface area contributed by atoms with Crippen LogP contribution in [0.5, 0.6) is 0 Å². The van der Waals surface area contributed by atoms with Gasteiger partial charge in [0.25, 0.3) is 0 Å². The minimum Gasteiger partial charge on any atom is -0.379 e. The third-order valence-electron chi connectivity index (χ3n) is 1.95. The summed E-state index contributed by atoms with van der Waals surface area (Å²) in [5.41, 5.74) is -0.590. The third kappa shape index (κ3) is 1.70. The number of hydrogen-bond acceptors (Lipinski definition) is 3. The largest absolute Gasteiger partial charge is 0.379 e. The quantitative estimate of drug-likeness (QED) is 0.561. The molecule has 0 saturated carbocycles. The summed E-state index contributed by atoms with van der Waals surface area (Å²) in [4.78, 5) is 0. The number of rotatable bonds is 1. The highest BCUT2D eigenvalue weighted by molar-refractivity contribution is 7.87. The monoisotopic (exact) mass is 182 g/mol. The molecule has 0 bridgehead atoms. The standard InChI is InChI=1S/C6H11FO3S/c1-6(2)4-10-3-5(6)11(7,8)9/h5H,3-4H2,1-2H3. The van der Waals surface area contributed by atoms with E-state index in [0.717, 1.165) is 0 Å². The van der Waals surface area contributed by atoms with Gasteiger partial charge >= 0.3 is 10.2 Å². The zero-order chi connectivity index (χ0) is 8.70. The highest BCUT2D eigenvalue weighted by Crippen LogP contribution is 2.33. The second-order valence-electron chi connectivity index (χ2n) is 3.47. The molecule has 66 valence electrons. The van der Waals surface area contributed by atoms with Crippen molar-refractivity contribution in [2.24, 2.45) is 5.41 Å². The minimum atomic E-state index is -4.44. The fraction of sp³-hybridized carbons (Fsp3) is 1.00. The second-order valence-corrected chi connectivity index (χ2v) is 4.99. The molecule has 1 aliphatic heterocycles. The molecular formula is C6H11FO3S. The lowest BCUT2D eigenvalue weighted by atomic mass is 9.93. The Labute approximate surface area is 65.8 Å². The summed E-state index contributed by atoms with van der Waals surface area (Å²) in [7, 11) is -4.44. The van der Waals surface area contributed by atoms with Crippen molar-refractivity contribution in [1.29, 1.82) is 0 Å². The molecule has 1 heterocycles. The van der Waals surface area contributed by atoms with Gasteiger partial charge < -0.3 is 4.74 Å². The van der Waals surface area contributed by atoms with Gasteiger partial charge in [0.05, 0.1) is 13.2 Å². The van der Waals surface area contributed by atoms with E-state index >= 15 is 0 Å². The normalized spacial score (nSPS) is 30.6. The molecule has 0 radical (unpaired) electrons. The van der Waals surface area contributed by atoms with E-state index in [1.807, 2.05) is 0 Å². The summed E-state index contributed by atoms with van der Waals surface area (Å²) in [5, 5.41) is -0.991. The van der Waals surface area contributed by atoms with Gasteiger partial charge in [-0.05, 0) is 0 Å². The van der Waals surface area contributed by atoms with Crippen LogP contribution >= 0.6 is 0 Å². The maximum Gasteiger partial charge on any atom is 0.308 e. The Morgan fingerprint density at radius 1 is 1.55 bits per heavy atom. The van der Waals surface area contributed by atoms with Crippen molar-refractivity contribution in [3.63, 3.8) is 0 Å². The number of ether oxygens (including phenoxy) is 1. The lowest BCUT2D eigenvalue weighted by molar-refractivity contribution is 0.167. The van der Waals surface area contributed by atoms with Crippen molar-refractivity contribution in [2.75, 3.05) is 13.2 Å². The van der Waals surface area contributed by atoms with Gasteiger partial charge in [0.1, 0.15) is 5.25 Å². The molecule has 11 heavy (non-hydrogen) atoms. The maximum absolute atomic E-state index is 12.5. The topological polar surface area (TPSA) is 43.4 Å². The van der Waals surface area contributed by atoms with Crippen LogP contribution in [0.15, 0.2) is 0 Å². The molecule has 1 fully saturated rings. The summed E-state index contributed by atoms with van der Waals surface area (Å²) in [6.45, 7) is 3.65. The highest BCUT2D eigenvalue weighted by Gasteiger charge is 2.44. The van der Waals surface area contributed by atoms with E-state index in [9.17, 15) is 12.3 Å². The van der Waals surface area contributed by atoms with E-state index in [1.165, 1.54) is 0 Å². The molecule has 0 aromatic heterocycles. The van der Waals surface area contributed by atoms with Gasteiger partial charge in [-0.25, -0.2) is 0 Å². The van der Waals surface area contributed by atoms with Gasteiger partial charge in [-0.3, -0.25) is 0 Å². The zero-order valence-corrected chi connectivity index (χ0v) is 7.32. The molecule has 0 aliphatic carbocycles. The van der Waals surface area contributed by atoms with Crippen LogP contribution in [-0.2, 0) is 15.0 Å². The van der Waals surface area contributed by atoms with Gasteiger partial charge in [0, 0.05) is 5.41 Å². The lowest BCUT2D eigenvalue weighted by Gasteiger charge is -2.20. The Kier molecular flexibility index (Phi) is 1.96. The van der Waals surface area contributed by atoms with Crippen LogP contribution in [0, 0.1) is 5.41 Å². The Hall–Kier alpha value is -0.160. The van der Waals surface area contributed by atoms with Crippen LogP contribution in [0.2, 0.25) is 0 Å². The first kappa shape index (κ1) is 8.93. The van der Waals surface area contributed by atoms with E-state index in [0.29, 0.717) is 6.61 Å². The Morgan fingerprint density at radius 2 is 2.09 bits per heavy atom. The summed E-state index contributed by atoms with van der Waals surface area (Å²) in [6, 6.07) is 0. The van der Waals surface area contributed by atoms with E-state index < -0.39 is 20.9 Å². The maximum atomic E-state index is 12.5. The molecule has 3 nitrogen and oxygen atoms in total. The number of halogens is 1. The predicted molar refractivity (Wildman–Crippen MR) is 38.4 cm³/mol. The van der Waals surface area contributed by atoms with Crippen LogP contribution in [0.4, 0.5) is 3.89 Å². The average Bonchev–Trinajstić information content (AvgIpc) is 2.06. The van der Waals surface area contributed by atoms with Crippen LogP contribution < -0.4 is 0 Å². The molecule has 1 saturated heterocycles. The molecular weight excluding hydrogens is 171 g/mol. The molecule has 1 unspecified atom stereocenters. The molecule has 5 heteroatoms. The molecule has 0 amide bonds. The fourth-order valence-corrected chi connectivity index (χ4v) is 2.30. The number of hydrogen-bond donors (Lipinski definition) is 0. The summed E-state index contributed by atoms with van der Waals surface area (Å²) < 4.78 is 38.4. The molecule has 0 aromatic rings. The third-order valence-corrected chi connectivity index (χ3v) is 3.41. The second kappa shape index (κ2) is 2.42. The van der Waals surface area contributed by atoms with Crippen molar-refractivity contribution in [3.8, 4) is 0 Å². The van der Waals surface area contributed by atoms with Crippen molar-refractivity contribution >= 4 is 10.2 Å². The summed E-state index contributed by atoms with van der Waals surface area (Å²) in [5.74, 6) is 0. The molecule has 1 atom stereocenters. The Morgan fingerprint density at radius 3 is 2.27 bits per heavy atom. The molecule has 0 aromatic carbocycles. The summed E-state index contributed by atoms with van der Waals surface area (Å²) in [6.07, 6.45) is 0. The first-order valence-corrected chi connectivity index (χ1v) is 4.80. The van der Waals surface area contributed by atoms with Crippen molar-refractivity contribution in [1.82, 2.24) is 0 Å². The lowest BCUT2D eigenvalue weighted by Crippen LogP contribution is -2.32. The Balaban J connectivity index is 2.91. The van der Waals surface area contributed by atoms with Crippen LogP contribution in [-0.4, -0.2) is 26.9 Å². The van der Waals surface area contributed by atoms with E-state index in [4.69, 9.17) is 4.74 Å². The fourth-order valence-electron chi connectivity index (χ4n) is 1.21. The van der Waals surface area contributed by atoms with Crippen molar-refractivity contribution in [2.45, 2.75) is 19.1 Å². The molecule has 1 aliphatic rings. The Bertz CT molecular complexity index is 245. The SMILES string of the molecule is CC1(C)COCC1S(=O)(=O)F. The van der Waals surface area contributed by atoms with Crippen LogP contribution in [0.1, 0.15) is 13.8 Å². The van der Waals surface area contributed by atoms with Crippen LogP contribution in [0.3, 0.4) is 0 Å². The summed E-state index contributed by atoms with van der Waals surface area (Å²) >= 11 is 0. The zero-order valence-electron chi connectivity index (χ0n) is 6.50. The predicted octanol–water partition coefficient (Wildman–Crippen LogP) is 0.711. The van der Waals surface area contributed by atoms with Crippen molar-refractivity contribution < 1.29 is 17.0 Å². The first-order chi connectivity index (χ1) is 4.84. The van der Waals surface area contributed by atoms with Gasteiger partial charge in [0.2, 0.25) is 0 Å². The highest BCUT2D eigenvalue weighted by atomic mass is 32.3. The van der Waals surface area contributed by atoms with Crippen molar-refractivity contribution in [3.05, 3.63) is 0 Å². The average molecular weight is 182 g/mol. The smallest absolute Gasteiger partial charge is 0.308 e. The van der Waals surface area contributed by atoms with E-state index in [2.05, 4.69) is 0 Å². The molecule has 0 spiro atoms. The first-order valence-electron chi connectivity index (χ1n) is 3.35. The van der Waals surface area contributed by atoms with Gasteiger partial charge in [-0.15, -0.1) is 3.89 Å². The van der Waals surface area contributed by atoms with Gasteiger partial charge in [0.15, 0.2) is 0 Å².